The summed E-state index contributed by atoms with van der Waals surface area (Å²) in [6.45, 7) is 1.59. The van der Waals surface area contributed by atoms with Crippen molar-refractivity contribution >= 4 is 32.5 Å². The average molecular weight is 347 g/mol. The molecule has 118 valence electrons. The third-order valence-corrected chi connectivity index (χ3v) is 6.10. The molecule has 0 saturated carbocycles. The van der Waals surface area contributed by atoms with Gasteiger partial charge in [-0.25, -0.2) is 12.4 Å². The lowest BCUT2D eigenvalue weighted by molar-refractivity contribution is 0.589. The van der Waals surface area contributed by atoms with Gasteiger partial charge in [0.2, 0.25) is 0 Å². The van der Waals surface area contributed by atoms with Crippen LogP contribution in [0, 0.1) is 0 Å². The largest absolute Gasteiger partial charge is 0.312 e. The Balaban J connectivity index is 2.00. The van der Waals surface area contributed by atoms with Crippen molar-refractivity contribution < 1.29 is 8.42 Å². The maximum absolute atomic E-state index is 13.0. The van der Waals surface area contributed by atoms with Crippen LogP contribution < -0.4 is 5.32 Å². The first-order valence-electron chi connectivity index (χ1n) is 7.41. The molecular weight excluding hydrogens is 332 g/mol. The second-order valence-electron chi connectivity index (χ2n) is 5.65. The number of benzene rings is 2. The number of rotatable bonds is 2. The third-order valence-electron chi connectivity index (χ3n) is 4.20. The van der Waals surface area contributed by atoms with Gasteiger partial charge >= 0.3 is 0 Å². The van der Waals surface area contributed by atoms with Gasteiger partial charge in [-0.2, -0.15) is 0 Å². The molecule has 0 amide bonds. The molecule has 1 aliphatic heterocycles. The first-order chi connectivity index (χ1) is 11.1. The number of hydrogen-bond donors (Lipinski definition) is 1. The van der Waals surface area contributed by atoms with Gasteiger partial charge in [-0.1, -0.05) is 29.8 Å². The Morgan fingerprint density at radius 3 is 2.74 bits per heavy atom. The Bertz CT molecular complexity index is 1010. The van der Waals surface area contributed by atoms with E-state index in [0.717, 1.165) is 41.5 Å². The minimum absolute atomic E-state index is 0.203. The van der Waals surface area contributed by atoms with E-state index in [2.05, 4.69) is 5.32 Å². The lowest BCUT2D eigenvalue weighted by Crippen LogP contribution is -2.15. The van der Waals surface area contributed by atoms with E-state index in [1.54, 1.807) is 24.4 Å². The summed E-state index contributed by atoms with van der Waals surface area (Å²) in [5, 5.41) is 4.82. The van der Waals surface area contributed by atoms with Gasteiger partial charge in [0.1, 0.15) is 0 Å². The molecule has 4 rings (SSSR count). The Hall–Kier alpha value is -1.82. The fourth-order valence-corrected chi connectivity index (χ4v) is 4.83. The van der Waals surface area contributed by atoms with Crippen LogP contribution in [0.15, 0.2) is 53.6 Å². The summed E-state index contributed by atoms with van der Waals surface area (Å²) in [5.74, 6) is 0. The van der Waals surface area contributed by atoms with Gasteiger partial charge in [0, 0.05) is 23.2 Å². The molecule has 0 saturated heterocycles. The van der Waals surface area contributed by atoms with Crippen LogP contribution in [0.4, 0.5) is 0 Å². The van der Waals surface area contributed by atoms with Gasteiger partial charge < -0.3 is 5.32 Å². The van der Waals surface area contributed by atoms with Crippen molar-refractivity contribution in [1.82, 2.24) is 9.29 Å². The van der Waals surface area contributed by atoms with E-state index in [9.17, 15) is 8.42 Å². The van der Waals surface area contributed by atoms with Crippen LogP contribution in [0.5, 0.6) is 0 Å². The summed E-state index contributed by atoms with van der Waals surface area (Å²) in [4.78, 5) is 0.203. The SMILES string of the molecule is O=S(=O)(c1cccc(Cl)c1)n1cc2c3c(cccc31)CNCC2. The lowest BCUT2D eigenvalue weighted by Gasteiger charge is -2.09. The molecule has 23 heavy (non-hydrogen) atoms. The van der Waals surface area contributed by atoms with Crippen LogP contribution in [0.25, 0.3) is 10.9 Å². The molecule has 0 unspecified atom stereocenters. The molecule has 0 fully saturated rings. The fourth-order valence-electron chi connectivity index (χ4n) is 3.14. The van der Waals surface area contributed by atoms with Crippen molar-refractivity contribution in [2.45, 2.75) is 17.9 Å². The summed E-state index contributed by atoms with van der Waals surface area (Å²) in [6.07, 6.45) is 2.56. The number of nitrogens with one attached hydrogen (secondary N) is 1. The number of hydrogen-bond acceptors (Lipinski definition) is 3. The first-order valence-corrected chi connectivity index (χ1v) is 9.23. The van der Waals surface area contributed by atoms with Gasteiger partial charge in [0.25, 0.3) is 10.0 Å². The van der Waals surface area contributed by atoms with E-state index in [1.807, 2.05) is 18.2 Å². The average Bonchev–Trinajstić information content (AvgIpc) is 2.79. The van der Waals surface area contributed by atoms with E-state index in [0.29, 0.717) is 5.02 Å². The molecular formula is C17H15ClN2O2S. The maximum Gasteiger partial charge on any atom is 0.268 e. The molecule has 3 aromatic rings. The fraction of sp³-hybridized carbons (Fsp3) is 0.176. The molecule has 2 heterocycles. The van der Waals surface area contributed by atoms with Gasteiger partial charge in [-0.05, 0) is 48.4 Å². The van der Waals surface area contributed by atoms with E-state index in [4.69, 9.17) is 11.6 Å². The Morgan fingerprint density at radius 1 is 1.09 bits per heavy atom. The minimum atomic E-state index is -3.67. The van der Waals surface area contributed by atoms with Crippen molar-refractivity contribution in [2.75, 3.05) is 6.54 Å². The number of nitrogens with zero attached hydrogens (tertiary/aromatic N) is 1. The van der Waals surface area contributed by atoms with Crippen LogP contribution in [0.2, 0.25) is 5.02 Å². The van der Waals surface area contributed by atoms with Crippen LogP contribution in [-0.2, 0) is 23.0 Å². The van der Waals surface area contributed by atoms with Gasteiger partial charge in [-0.3, -0.25) is 0 Å². The van der Waals surface area contributed by atoms with E-state index in [1.165, 1.54) is 10.0 Å². The van der Waals surface area contributed by atoms with E-state index in [-0.39, 0.29) is 4.90 Å². The second kappa shape index (κ2) is 5.37. The van der Waals surface area contributed by atoms with Crippen molar-refractivity contribution in [1.29, 1.82) is 0 Å². The zero-order chi connectivity index (χ0) is 16.0. The molecule has 1 N–H and O–H groups in total. The van der Waals surface area contributed by atoms with Gasteiger partial charge in [0.05, 0.1) is 10.4 Å². The monoisotopic (exact) mass is 346 g/mol. The molecule has 2 aromatic carbocycles. The minimum Gasteiger partial charge on any atom is -0.312 e. The van der Waals surface area contributed by atoms with Crippen molar-refractivity contribution in [3.05, 3.63) is 64.8 Å². The molecule has 4 nitrogen and oxygen atoms in total. The zero-order valence-electron chi connectivity index (χ0n) is 12.3. The van der Waals surface area contributed by atoms with E-state index < -0.39 is 10.0 Å². The topological polar surface area (TPSA) is 51.1 Å². The highest BCUT2D eigenvalue weighted by atomic mass is 35.5. The van der Waals surface area contributed by atoms with Gasteiger partial charge in [0.15, 0.2) is 0 Å². The smallest absolute Gasteiger partial charge is 0.268 e. The third kappa shape index (κ3) is 2.36. The number of halogens is 1. The highest BCUT2D eigenvalue weighted by Gasteiger charge is 2.23. The summed E-state index contributed by atoms with van der Waals surface area (Å²) in [5.41, 5.74) is 2.92. The second-order valence-corrected chi connectivity index (χ2v) is 7.90. The zero-order valence-corrected chi connectivity index (χ0v) is 13.9. The van der Waals surface area contributed by atoms with Crippen LogP contribution >= 0.6 is 11.6 Å². The molecule has 1 aliphatic rings. The van der Waals surface area contributed by atoms with Crippen LogP contribution in [0.3, 0.4) is 0 Å². The molecule has 0 atom stereocenters. The summed E-state index contributed by atoms with van der Waals surface area (Å²) in [7, 11) is -3.67. The molecule has 0 spiro atoms. The van der Waals surface area contributed by atoms with Gasteiger partial charge in [-0.15, -0.1) is 0 Å². The lowest BCUT2D eigenvalue weighted by atomic mass is 10.1. The van der Waals surface area contributed by atoms with Crippen LogP contribution in [-0.4, -0.2) is 18.9 Å². The summed E-state index contributed by atoms with van der Waals surface area (Å²) >= 11 is 5.96. The van der Waals surface area contributed by atoms with Crippen LogP contribution in [0.1, 0.15) is 11.1 Å². The Labute approximate surface area is 139 Å². The summed E-state index contributed by atoms with van der Waals surface area (Å²) in [6, 6.07) is 12.2. The van der Waals surface area contributed by atoms with Crippen molar-refractivity contribution in [3.8, 4) is 0 Å². The quantitative estimate of drug-likeness (QED) is 0.775. The molecule has 0 bridgehead atoms. The van der Waals surface area contributed by atoms with E-state index >= 15 is 0 Å². The molecule has 1 aromatic heterocycles. The Morgan fingerprint density at radius 2 is 1.91 bits per heavy atom. The molecule has 0 aliphatic carbocycles. The normalized spacial score (nSPS) is 14.8. The standard InChI is InChI=1S/C17H15ClN2O2S/c18-14-4-2-5-15(9-14)23(21,22)20-11-13-7-8-19-10-12-3-1-6-16(20)17(12)13/h1-6,9,11,19H,7-8,10H2. The summed E-state index contributed by atoms with van der Waals surface area (Å²) < 4.78 is 27.5. The maximum atomic E-state index is 13.0. The predicted molar refractivity (Wildman–Crippen MR) is 91.4 cm³/mol. The predicted octanol–water partition coefficient (Wildman–Crippen LogP) is 3.18. The first kappa shape index (κ1) is 14.8. The highest BCUT2D eigenvalue weighted by Crippen LogP contribution is 2.30. The Kier molecular flexibility index (Phi) is 3.44. The van der Waals surface area contributed by atoms with Crippen molar-refractivity contribution in [2.24, 2.45) is 0 Å². The molecule has 0 radical (unpaired) electrons. The van der Waals surface area contributed by atoms with Crippen molar-refractivity contribution in [3.63, 3.8) is 0 Å². The number of aromatic nitrogens is 1. The molecule has 6 heteroatoms. The highest BCUT2D eigenvalue weighted by molar-refractivity contribution is 7.90.